The number of aromatic nitrogens is 1. The van der Waals surface area contributed by atoms with E-state index in [0.717, 1.165) is 27.7 Å². The first kappa shape index (κ1) is 11.6. The topological polar surface area (TPSA) is 38.9 Å². The molecular formula is C12H13ClN2S. The summed E-state index contributed by atoms with van der Waals surface area (Å²) < 4.78 is 0. The molecule has 2 aromatic rings. The van der Waals surface area contributed by atoms with E-state index in [9.17, 15) is 0 Å². The van der Waals surface area contributed by atoms with Gasteiger partial charge in [-0.05, 0) is 18.6 Å². The Labute approximate surface area is 104 Å². The van der Waals surface area contributed by atoms with Gasteiger partial charge in [0.25, 0.3) is 0 Å². The van der Waals surface area contributed by atoms with Gasteiger partial charge >= 0.3 is 0 Å². The normalized spacial score (nSPS) is 12.7. The Kier molecular flexibility index (Phi) is 3.59. The third-order valence-corrected chi connectivity index (χ3v) is 3.57. The van der Waals surface area contributed by atoms with Crippen molar-refractivity contribution in [2.45, 2.75) is 19.4 Å². The number of aryl methyl sites for hydroxylation is 1. The summed E-state index contributed by atoms with van der Waals surface area (Å²) in [5.41, 5.74) is 8.14. The number of hydrogen-bond acceptors (Lipinski definition) is 3. The van der Waals surface area contributed by atoms with Crippen LogP contribution in [0.5, 0.6) is 0 Å². The van der Waals surface area contributed by atoms with Crippen LogP contribution >= 0.6 is 22.9 Å². The summed E-state index contributed by atoms with van der Waals surface area (Å²) >= 11 is 7.74. The molecule has 0 radical (unpaired) electrons. The molecular weight excluding hydrogens is 240 g/mol. The molecule has 16 heavy (non-hydrogen) atoms. The maximum atomic E-state index is 6.12. The van der Waals surface area contributed by atoms with Crippen molar-refractivity contribution in [3.63, 3.8) is 0 Å². The molecule has 0 spiro atoms. The van der Waals surface area contributed by atoms with Gasteiger partial charge in [0.2, 0.25) is 0 Å². The summed E-state index contributed by atoms with van der Waals surface area (Å²) in [6.45, 7) is 2.00. The van der Waals surface area contributed by atoms with Crippen molar-refractivity contribution in [1.29, 1.82) is 0 Å². The molecule has 84 valence electrons. The van der Waals surface area contributed by atoms with E-state index in [-0.39, 0.29) is 6.04 Å². The van der Waals surface area contributed by atoms with Crippen molar-refractivity contribution in [1.82, 2.24) is 4.98 Å². The fourth-order valence-corrected chi connectivity index (χ4v) is 2.51. The summed E-state index contributed by atoms with van der Waals surface area (Å²) in [5, 5.41) is 3.84. The Morgan fingerprint density at radius 3 is 2.81 bits per heavy atom. The standard InChI is InChI=1S/C12H13ClN2S/c1-8-15-9(7-16-8)6-12(14)10-4-2-3-5-11(10)13/h2-5,7,12H,6,14H2,1H3. The number of nitrogens with zero attached hydrogens (tertiary/aromatic N) is 1. The highest BCUT2D eigenvalue weighted by molar-refractivity contribution is 7.09. The Bertz CT molecular complexity index is 481. The predicted molar refractivity (Wildman–Crippen MR) is 68.9 cm³/mol. The van der Waals surface area contributed by atoms with Crippen LogP contribution < -0.4 is 5.73 Å². The smallest absolute Gasteiger partial charge is 0.0897 e. The van der Waals surface area contributed by atoms with Crippen LogP contribution in [-0.4, -0.2) is 4.98 Å². The first-order valence-corrected chi connectivity index (χ1v) is 6.33. The van der Waals surface area contributed by atoms with Gasteiger partial charge in [-0.25, -0.2) is 4.98 Å². The molecule has 0 aliphatic heterocycles. The van der Waals surface area contributed by atoms with E-state index >= 15 is 0 Å². The Hall–Kier alpha value is -0.900. The average molecular weight is 253 g/mol. The van der Waals surface area contributed by atoms with Crippen LogP contribution in [0.15, 0.2) is 29.6 Å². The molecule has 2 nitrogen and oxygen atoms in total. The highest BCUT2D eigenvalue weighted by atomic mass is 35.5. The maximum Gasteiger partial charge on any atom is 0.0897 e. The molecule has 1 heterocycles. The van der Waals surface area contributed by atoms with Crippen LogP contribution in [-0.2, 0) is 6.42 Å². The summed E-state index contributed by atoms with van der Waals surface area (Å²) in [6.07, 6.45) is 0.730. The molecule has 1 unspecified atom stereocenters. The molecule has 1 aromatic carbocycles. The maximum absolute atomic E-state index is 6.12. The molecule has 0 aliphatic carbocycles. The molecule has 0 amide bonds. The average Bonchev–Trinajstić information content (AvgIpc) is 2.64. The molecule has 0 aliphatic rings. The van der Waals surface area contributed by atoms with E-state index in [4.69, 9.17) is 17.3 Å². The van der Waals surface area contributed by atoms with Crippen molar-refractivity contribution in [2.75, 3.05) is 0 Å². The molecule has 4 heteroatoms. The minimum Gasteiger partial charge on any atom is -0.324 e. The van der Waals surface area contributed by atoms with Crippen molar-refractivity contribution in [2.24, 2.45) is 5.73 Å². The van der Waals surface area contributed by atoms with Gasteiger partial charge in [0.05, 0.1) is 10.7 Å². The Morgan fingerprint density at radius 2 is 2.19 bits per heavy atom. The summed E-state index contributed by atoms with van der Waals surface area (Å²) in [4.78, 5) is 4.40. The zero-order valence-electron chi connectivity index (χ0n) is 8.98. The van der Waals surface area contributed by atoms with Gasteiger partial charge in [0, 0.05) is 22.9 Å². The minimum atomic E-state index is -0.0878. The summed E-state index contributed by atoms with van der Waals surface area (Å²) in [7, 11) is 0. The van der Waals surface area contributed by atoms with Crippen LogP contribution in [0.2, 0.25) is 5.02 Å². The van der Waals surface area contributed by atoms with E-state index < -0.39 is 0 Å². The highest BCUT2D eigenvalue weighted by Crippen LogP contribution is 2.24. The third kappa shape index (κ3) is 2.61. The van der Waals surface area contributed by atoms with Gasteiger partial charge in [-0.2, -0.15) is 0 Å². The van der Waals surface area contributed by atoms with Crippen molar-refractivity contribution >= 4 is 22.9 Å². The molecule has 1 aromatic heterocycles. The predicted octanol–water partition coefficient (Wildman–Crippen LogP) is 3.35. The van der Waals surface area contributed by atoms with Crippen LogP contribution in [0.1, 0.15) is 22.3 Å². The van der Waals surface area contributed by atoms with Gasteiger partial charge in [0.15, 0.2) is 0 Å². The van der Waals surface area contributed by atoms with Crippen LogP contribution in [0.25, 0.3) is 0 Å². The molecule has 0 saturated carbocycles. The lowest BCUT2D eigenvalue weighted by molar-refractivity contribution is 0.709. The van der Waals surface area contributed by atoms with E-state index in [0.29, 0.717) is 0 Å². The lowest BCUT2D eigenvalue weighted by atomic mass is 10.0. The summed E-state index contributed by atoms with van der Waals surface area (Å²) in [6, 6.07) is 7.60. The van der Waals surface area contributed by atoms with Crippen LogP contribution in [0.3, 0.4) is 0 Å². The van der Waals surface area contributed by atoms with Gasteiger partial charge < -0.3 is 5.73 Å². The second-order valence-electron chi connectivity index (χ2n) is 3.69. The number of nitrogens with two attached hydrogens (primary N) is 1. The molecule has 1 atom stereocenters. The van der Waals surface area contributed by atoms with Crippen molar-refractivity contribution in [3.8, 4) is 0 Å². The second-order valence-corrected chi connectivity index (χ2v) is 5.16. The highest BCUT2D eigenvalue weighted by Gasteiger charge is 2.11. The van der Waals surface area contributed by atoms with E-state index in [1.807, 2.05) is 36.6 Å². The molecule has 2 N–H and O–H groups in total. The quantitative estimate of drug-likeness (QED) is 0.910. The molecule has 0 fully saturated rings. The van der Waals surface area contributed by atoms with E-state index in [1.165, 1.54) is 0 Å². The Morgan fingerprint density at radius 1 is 1.44 bits per heavy atom. The largest absolute Gasteiger partial charge is 0.324 e. The minimum absolute atomic E-state index is 0.0878. The zero-order valence-corrected chi connectivity index (χ0v) is 10.6. The van der Waals surface area contributed by atoms with Gasteiger partial charge in [-0.1, -0.05) is 29.8 Å². The number of benzene rings is 1. The fourth-order valence-electron chi connectivity index (χ4n) is 1.61. The lowest BCUT2D eigenvalue weighted by Crippen LogP contribution is -2.14. The third-order valence-electron chi connectivity index (χ3n) is 2.40. The van der Waals surface area contributed by atoms with E-state index in [2.05, 4.69) is 4.98 Å². The SMILES string of the molecule is Cc1nc(CC(N)c2ccccc2Cl)cs1. The number of rotatable bonds is 3. The molecule has 0 bridgehead atoms. The molecule has 2 rings (SSSR count). The monoisotopic (exact) mass is 252 g/mol. The first-order chi connectivity index (χ1) is 7.66. The van der Waals surface area contributed by atoms with Crippen LogP contribution in [0.4, 0.5) is 0 Å². The number of hydrogen-bond donors (Lipinski definition) is 1. The molecule has 0 saturated heterocycles. The number of halogens is 1. The van der Waals surface area contributed by atoms with Crippen LogP contribution in [0, 0.1) is 6.92 Å². The van der Waals surface area contributed by atoms with Crippen molar-refractivity contribution in [3.05, 3.63) is 50.9 Å². The van der Waals surface area contributed by atoms with Crippen molar-refractivity contribution < 1.29 is 0 Å². The lowest BCUT2D eigenvalue weighted by Gasteiger charge is -2.11. The second kappa shape index (κ2) is 4.95. The van der Waals surface area contributed by atoms with E-state index in [1.54, 1.807) is 11.3 Å². The van der Waals surface area contributed by atoms with Gasteiger partial charge in [-0.3, -0.25) is 0 Å². The first-order valence-electron chi connectivity index (χ1n) is 5.08. The zero-order chi connectivity index (χ0) is 11.5. The fraction of sp³-hybridized carbons (Fsp3) is 0.250. The Balaban J connectivity index is 2.14. The van der Waals surface area contributed by atoms with Gasteiger partial charge in [0.1, 0.15) is 0 Å². The summed E-state index contributed by atoms with van der Waals surface area (Å²) in [5.74, 6) is 0. The van der Waals surface area contributed by atoms with Gasteiger partial charge in [-0.15, -0.1) is 11.3 Å². The number of thiazole rings is 1.